The lowest BCUT2D eigenvalue weighted by atomic mass is 9.58. The summed E-state index contributed by atoms with van der Waals surface area (Å²) in [7, 11) is 0. The number of hydrogen-bond acceptors (Lipinski definition) is 0. The molecule has 0 aliphatic heterocycles. The van der Waals surface area contributed by atoms with Gasteiger partial charge in [0.05, 0.1) is 5.41 Å². The zero-order valence-corrected chi connectivity index (χ0v) is 16.3. The fraction of sp³-hybridized carbons (Fsp3) is 0.143. The molecular weight excluding hydrogens is 336 g/mol. The highest BCUT2D eigenvalue weighted by molar-refractivity contribution is 5.88. The molecule has 0 nitrogen and oxygen atoms in total. The minimum Gasteiger partial charge on any atom is -0.0988 e. The molecule has 0 amide bonds. The van der Waals surface area contributed by atoms with Crippen molar-refractivity contribution in [3.8, 4) is 11.1 Å². The topological polar surface area (TPSA) is 0 Å². The Labute approximate surface area is 167 Å². The Morgan fingerprint density at radius 3 is 1.82 bits per heavy atom. The summed E-state index contributed by atoms with van der Waals surface area (Å²) in [6, 6.07) is 26.7. The molecule has 0 saturated carbocycles. The van der Waals surface area contributed by atoms with Gasteiger partial charge in [0.25, 0.3) is 0 Å². The molecule has 0 bridgehead atoms. The Bertz CT molecular complexity index is 1100. The second-order valence-electron chi connectivity index (χ2n) is 7.67. The predicted octanol–water partition coefficient (Wildman–Crippen LogP) is 7.18. The Morgan fingerprint density at radius 1 is 0.750 bits per heavy atom. The van der Waals surface area contributed by atoms with Crippen LogP contribution in [0.3, 0.4) is 0 Å². The Hall–Kier alpha value is -3.12. The predicted molar refractivity (Wildman–Crippen MR) is 119 cm³/mol. The van der Waals surface area contributed by atoms with Crippen LogP contribution >= 0.6 is 0 Å². The fourth-order valence-electron chi connectivity index (χ4n) is 5.64. The standard InChI is InChI=1S/C28H24/c1-4-19-20(5-2)24(6-3)28(25-16-10-7-13-21(19)25)26-17-11-8-14-22(26)23-15-9-12-18-27(23)28/h5-19H,2-4H2,1H3. The van der Waals surface area contributed by atoms with Crippen molar-refractivity contribution in [1.82, 2.24) is 0 Å². The molecule has 0 heteroatoms. The molecule has 0 heterocycles. The van der Waals surface area contributed by atoms with Gasteiger partial charge in [0.2, 0.25) is 0 Å². The molecule has 1 atom stereocenters. The summed E-state index contributed by atoms with van der Waals surface area (Å²) in [4.78, 5) is 0. The maximum Gasteiger partial charge on any atom is 0.0719 e. The van der Waals surface area contributed by atoms with Gasteiger partial charge in [0, 0.05) is 5.92 Å². The van der Waals surface area contributed by atoms with E-state index < -0.39 is 0 Å². The van der Waals surface area contributed by atoms with Crippen molar-refractivity contribution in [2.75, 3.05) is 0 Å². The van der Waals surface area contributed by atoms with Crippen LogP contribution in [0.25, 0.3) is 11.1 Å². The SMILES string of the molecule is C=CC1=C(C=C)C2(c3ccccc3-c3ccccc32)c2ccccc2C1CC. The van der Waals surface area contributed by atoms with Crippen molar-refractivity contribution in [3.63, 3.8) is 0 Å². The van der Waals surface area contributed by atoms with E-state index >= 15 is 0 Å². The van der Waals surface area contributed by atoms with Gasteiger partial charge in [-0.2, -0.15) is 0 Å². The van der Waals surface area contributed by atoms with Crippen LogP contribution in [0.2, 0.25) is 0 Å². The molecule has 3 aromatic carbocycles. The largest absolute Gasteiger partial charge is 0.0988 e. The summed E-state index contributed by atoms with van der Waals surface area (Å²) in [5.74, 6) is 0.354. The van der Waals surface area contributed by atoms with Crippen LogP contribution in [-0.4, -0.2) is 0 Å². The quantitative estimate of drug-likeness (QED) is 0.464. The van der Waals surface area contributed by atoms with Crippen LogP contribution in [0.1, 0.15) is 41.5 Å². The lowest BCUT2D eigenvalue weighted by molar-refractivity contribution is 0.652. The Balaban J connectivity index is 2.03. The number of rotatable bonds is 3. The molecule has 2 aliphatic rings. The third kappa shape index (κ3) is 1.90. The van der Waals surface area contributed by atoms with Gasteiger partial charge in [-0.15, -0.1) is 0 Å². The normalized spacial score (nSPS) is 18.4. The van der Waals surface area contributed by atoms with E-state index in [9.17, 15) is 0 Å². The molecule has 5 rings (SSSR count). The average Bonchev–Trinajstić information content (AvgIpc) is 3.05. The van der Waals surface area contributed by atoms with Crippen LogP contribution in [0.4, 0.5) is 0 Å². The van der Waals surface area contributed by atoms with E-state index in [2.05, 4.69) is 105 Å². The van der Waals surface area contributed by atoms with Crippen LogP contribution in [-0.2, 0) is 5.41 Å². The van der Waals surface area contributed by atoms with E-state index in [1.807, 2.05) is 0 Å². The molecule has 136 valence electrons. The highest BCUT2D eigenvalue weighted by atomic mass is 14.5. The van der Waals surface area contributed by atoms with E-state index in [1.54, 1.807) is 0 Å². The molecule has 0 fully saturated rings. The van der Waals surface area contributed by atoms with Gasteiger partial charge in [-0.3, -0.25) is 0 Å². The van der Waals surface area contributed by atoms with Crippen molar-refractivity contribution in [2.45, 2.75) is 24.7 Å². The first-order valence-electron chi connectivity index (χ1n) is 10.1. The first-order chi connectivity index (χ1) is 13.8. The zero-order valence-electron chi connectivity index (χ0n) is 16.3. The van der Waals surface area contributed by atoms with E-state index in [4.69, 9.17) is 0 Å². The fourth-order valence-corrected chi connectivity index (χ4v) is 5.64. The lowest BCUT2D eigenvalue weighted by Crippen LogP contribution is -2.35. The monoisotopic (exact) mass is 360 g/mol. The van der Waals surface area contributed by atoms with Crippen LogP contribution in [0.5, 0.6) is 0 Å². The van der Waals surface area contributed by atoms with Crippen molar-refractivity contribution in [2.24, 2.45) is 0 Å². The Morgan fingerprint density at radius 2 is 1.29 bits per heavy atom. The van der Waals surface area contributed by atoms with Crippen LogP contribution in [0.15, 0.2) is 109 Å². The first kappa shape index (κ1) is 17.0. The van der Waals surface area contributed by atoms with Gasteiger partial charge in [-0.1, -0.05) is 105 Å². The second-order valence-corrected chi connectivity index (χ2v) is 7.67. The molecule has 0 aromatic heterocycles. The minimum absolute atomic E-state index is 0.319. The third-order valence-corrected chi connectivity index (χ3v) is 6.62. The van der Waals surface area contributed by atoms with Crippen LogP contribution in [0, 0.1) is 0 Å². The highest BCUT2D eigenvalue weighted by Crippen LogP contribution is 2.61. The molecular formula is C28H24. The molecule has 0 radical (unpaired) electrons. The van der Waals surface area contributed by atoms with E-state index in [1.165, 1.54) is 44.5 Å². The number of allylic oxidation sites excluding steroid dienone is 4. The molecule has 2 aliphatic carbocycles. The van der Waals surface area contributed by atoms with Crippen LogP contribution < -0.4 is 0 Å². The summed E-state index contributed by atoms with van der Waals surface area (Å²) < 4.78 is 0. The number of benzene rings is 3. The third-order valence-electron chi connectivity index (χ3n) is 6.62. The van der Waals surface area contributed by atoms with E-state index in [-0.39, 0.29) is 5.41 Å². The number of fused-ring (bicyclic) bond motifs is 7. The Kier molecular flexibility index (Phi) is 3.77. The molecule has 1 unspecified atom stereocenters. The first-order valence-corrected chi connectivity index (χ1v) is 10.1. The van der Waals surface area contributed by atoms with Crippen molar-refractivity contribution >= 4 is 0 Å². The van der Waals surface area contributed by atoms with Crippen molar-refractivity contribution in [3.05, 3.63) is 132 Å². The average molecular weight is 361 g/mol. The molecule has 0 N–H and O–H groups in total. The molecule has 0 saturated heterocycles. The smallest absolute Gasteiger partial charge is 0.0719 e. The molecule has 28 heavy (non-hydrogen) atoms. The highest BCUT2D eigenvalue weighted by Gasteiger charge is 2.51. The lowest BCUT2D eigenvalue weighted by Gasteiger charge is -2.43. The van der Waals surface area contributed by atoms with Gasteiger partial charge < -0.3 is 0 Å². The van der Waals surface area contributed by atoms with Gasteiger partial charge >= 0.3 is 0 Å². The maximum absolute atomic E-state index is 4.28. The summed E-state index contributed by atoms with van der Waals surface area (Å²) in [5.41, 5.74) is 10.4. The van der Waals surface area contributed by atoms with Crippen molar-refractivity contribution in [1.29, 1.82) is 0 Å². The molecule has 3 aromatic rings. The number of hydrogen-bond donors (Lipinski definition) is 0. The van der Waals surface area contributed by atoms with Gasteiger partial charge in [0.15, 0.2) is 0 Å². The minimum atomic E-state index is -0.319. The van der Waals surface area contributed by atoms with E-state index in [0.717, 1.165) is 6.42 Å². The van der Waals surface area contributed by atoms with E-state index in [0.29, 0.717) is 5.92 Å². The zero-order chi connectivity index (χ0) is 19.3. The maximum atomic E-state index is 4.28. The molecule has 1 spiro atoms. The van der Waals surface area contributed by atoms with Gasteiger partial charge in [0.1, 0.15) is 0 Å². The van der Waals surface area contributed by atoms with Gasteiger partial charge in [-0.25, -0.2) is 0 Å². The summed E-state index contributed by atoms with van der Waals surface area (Å²) in [5, 5.41) is 0. The second kappa shape index (κ2) is 6.21. The summed E-state index contributed by atoms with van der Waals surface area (Å²) in [6.45, 7) is 10.8. The van der Waals surface area contributed by atoms with Gasteiger partial charge in [-0.05, 0) is 50.9 Å². The summed E-state index contributed by atoms with van der Waals surface area (Å²) >= 11 is 0. The summed E-state index contributed by atoms with van der Waals surface area (Å²) in [6.07, 6.45) is 5.19. The van der Waals surface area contributed by atoms with Crippen molar-refractivity contribution < 1.29 is 0 Å².